The normalized spacial score (nSPS) is 15.3. The zero-order chi connectivity index (χ0) is 14.7. The number of likely N-dealkylation sites (tertiary alicyclic amines) is 1. The van der Waals surface area contributed by atoms with Gasteiger partial charge in [-0.15, -0.1) is 5.10 Å². The second-order valence-electron chi connectivity index (χ2n) is 5.38. The number of hydrogen-bond donors (Lipinski definition) is 2. The molecule has 1 aliphatic heterocycles. The predicted octanol–water partition coefficient (Wildman–Crippen LogP) is 1.96. The van der Waals surface area contributed by atoms with Crippen molar-refractivity contribution < 1.29 is 4.79 Å². The Balaban J connectivity index is 1.60. The van der Waals surface area contributed by atoms with E-state index in [2.05, 4.69) is 37.5 Å². The van der Waals surface area contributed by atoms with E-state index in [0.29, 0.717) is 5.82 Å². The average Bonchev–Trinajstić information content (AvgIpc) is 3.12. The Kier molecular flexibility index (Phi) is 3.96. The number of rotatable bonds is 4. The minimum absolute atomic E-state index is 0.161. The number of amides is 1. The molecule has 2 N–H and O–H groups in total. The minimum Gasteiger partial charge on any atom is -0.319 e. The summed E-state index contributed by atoms with van der Waals surface area (Å²) in [6, 6.07) is 7.94. The number of nitrogens with one attached hydrogen (secondary N) is 2. The van der Waals surface area contributed by atoms with Crippen LogP contribution in [-0.4, -0.2) is 39.1 Å². The van der Waals surface area contributed by atoms with Gasteiger partial charge in [-0.1, -0.05) is 12.1 Å². The molecule has 1 aromatic carbocycles. The third kappa shape index (κ3) is 3.46. The van der Waals surface area contributed by atoms with Crippen LogP contribution in [0.15, 0.2) is 24.3 Å². The first-order valence-electron chi connectivity index (χ1n) is 7.22. The Morgan fingerprint density at radius 3 is 2.62 bits per heavy atom. The number of aromatic nitrogens is 3. The molecule has 2 heterocycles. The topological polar surface area (TPSA) is 73.9 Å². The van der Waals surface area contributed by atoms with E-state index < -0.39 is 0 Å². The van der Waals surface area contributed by atoms with Crippen LogP contribution in [0.25, 0.3) is 0 Å². The van der Waals surface area contributed by atoms with E-state index >= 15 is 0 Å². The summed E-state index contributed by atoms with van der Waals surface area (Å²) in [7, 11) is 0. The molecular formula is C15H19N5O. The summed E-state index contributed by atoms with van der Waals surface area (Å²) in [5.74, 6) is 0.487. The Labute approximate surface area is 123 Å². The molecule has 21 heavy (non-hydrogen) atoms. The SMILES string of the molecule is Cc1nc(C(=O)Nc2ccc(CN3CCCC3)cc2)n[nH]1. The van der Waals surface area contributed by atoms with Crippen LogP contribution in [0.2, 0.25) is 0 Å². The smallest absolute Gasteiger partial charge is 0.295 e. The molecule has 0 saturated carbocycles. The molecule has 1 saturated heterocycles. The molecule has 0 bridgehead atoms. The Bertz CT molecular complexity index is 613. The van der Waals surface area contributed by atoms with Crippen molar-refractivity contribution >= 4 is 11.6 Å². The molecule has 1 aromatic heterocycles. The van der Waals surface area contributed by atoms with E-state index in [9.17, 15) is 4.79 Å². The summed E-state index contributed by atoms with van der Waals surface area (Å²) in [5.41, 5.74) is 2.02. The van der Waals surface area contributed by atoms with Crippen molar-refractivity contribution in [3.8, 4) is 0 Å². The molecule has 0 aliphatic carbocycles. The highest BCUT2D eigenvalue weighted by atomic mass is 16.2. The number of H-pyrrole nitrogens is 1. The summed E-state index contributed by atoms with van der Waals surface area (Å²) in [5, 5.41) is 9.30. The zero-order valence-electron chi connectivity index (χ0n) is 12.1. The second-order valence-corrected chi connectivity index (χ2v) is 5.38. The van der Waals surface area contributed by atoms with E-state index in [4.69, 9.17) is 0 Å². The Hall–Kier alpha value is -2.21. The monoisotopic (exact) mass is 285 g/mol. The van der Waals surface area contributed by atoms with Gasteiger partial charge in [-0.3, -0.25) is 14.8 Å². The van der Waals surface area contributed by atoms with Gasteiger partial charge >= 0.3 is 0 Å². The van der Waals surface area contributed by atoms with Crippen LogP contribution < -0.4 is 5.32 Å². The van der Waals surface area contributed by atoms with E-state index in [1.807, 2.05) is 12.1 Å². The van der Waals surface area contributed by atoms with Crippen molar-refractivity contribution in [2.45, 2.75) is 26.3 Å². The molecule has 1 fully saturated rings. The van der Waals surface area contributed by atoms with E-state index in [1.165, 1.54) is 31.5 Å². The number of aryl methyl sites for hydroxylation is 1. The number of carbonyl (C=O) groups is 1. The van der Waals surface area contributed by atoms with Gasteiger partial charge in [-0.2, -0.15) is 0 Å². The highest BCUT2D eigenvalue weighted by Crippen LogP contribution is 2.15. The maximum atomic E-state index is 11.9. The van der Waals surface area contributed by atoms with Crippen LogP contribution in [0.1, 0.15) is 34.8 Å². The van der Waals surface area contributed by atoms with Gasteiger partial charge in [0.05, 0.1) is 0 Å². The van der Waals surface area contributed by atoms with Gasteiger partial charge in [-0.05, 0) is 50.6 Å². The number of nitrogens with zero attached hydrogens (tertiary/aromatic N) is 3. The lowest BCUT2D eigenvalue weighted by Crippen LogP contribution is -2.18. The fourth-order valence-corrected chi connectivity index (χ4v) is 2.52. The van der Waals surface area contributed by atoms with Gasteiger partial charge in [-0.25, -0.2) is 4.98 Å². The largest absolute Gasteiger partial charge is 0.319 e. The van der Waals surface area contributed by atoms with Gasteiger partial charge < -0.3 is 5.32 Å². The molecule has 6 nitrogen and oxygen atoms in total. The lowest BCUT2D eigenvalue weighted by atomic mass is 10.2. The highest BCUT2D eigenvalue weighted by Gasteiger charge is 2.13. The van der Waals surface area contributed by atoms with Crippen LogP contribution in [0, 0.1) is 6.92 Å². The number of carbonyl (C=O) groups excluding carboxylic acids is 1. The maximum absolute atomic E-state index is 11.9. The van der Waals surface area contributed by atoms with Gasteiger partial charge in [0.2, 0.25) is 5.82 Å². The molecule has 0 unspecified atom stereocenters. The maximum Gasteiger partial charge on any atom is 0.295 e. The number of aromatic amines is 1. The molecule has 6 heteroatoms. The first kappa shape index (κ1) is 13.8. The van der Waals surface area contributed by atoms with Gasteiger partial charge in [0.25, 0.3) is 5.91 Å². The predicted molar refractivity (Wildman–Crippen MR) is 80.0 cm³/mol. The fraction of sp³-hybridized carbons (Fsp3) is 0.400. The quantitative estimate of drug-likeness (QED) is 0.900. The van der Waals surface area contributed by atoms with Crippen molar-refractivity contribution in [2.75, 3.05) is 18.4 Å². The molecule has 0 atom stereocenters. The molecule has 2 aromatic rings. The first-order chi connectivity index (χ1) is 10.2. The van der Waals surface area contributed by atoms with Gasteiger partial charge in [0.15, 0.2) is 0 Å². The molecule has 1 aliphatic rings. The average molecular weight is 285 g/mol. The Morgan fingerprint density at radius 1 is 1.29 bits per heavy atom. The number of anilines is 1. The summed E-state index contributed by atoms with van der Waals surface area (Å²) in [4.78, 5) is 18.4. The van der Waals surface area contributed by atoms with Crippen LogP contribution in [0.5, 0.6) is 0 Å². The van der Waals surface area contributed by atoms with Crippen molar-refractivity contribution in [1.29, 1.82) is 0 Å². The first-order valence-corrected chi connectivity index (χ1v) is 7.22. The van der Waals surface area contributed by atoms with Crippen molar-refractivity contribution in [3.05, 3.63) is 41.5 Å². The molecular weight excluding hydrogens is 266 g/mol. The van der Waals surface area contributed by atoms with Crippen LogP contribution in [0.4, 0.5) is 5.69 Å². The minimum atomic E-state index is -0.299. The van der Waals surface area contributed by atoms with Crippen molar-refractivity contribution in [1.82, 2.24) is 20.1 Å². The van der Waals surface area contributed by atoms with E-state index in [-0.39, 0.29) is 11.7 Å². The number of benzene rings is 1. The number of hydrogen-bond acceptors (Lipinski definition) is 4. The molecule has 0 spiro atoms. The van der Waals surface area contributed by atoms with Crippen LogP contribution in [0.3, 0.4) is 0 Å². The van der Waals surface area contributed by atoms with Crippen LogP contribution >= 0.6 is 0 Å². The van der Waals surface area contributed by atoms with Gasteiger partial charge in [0, 0.05) is 12.2 Å². The lowest BCUT2D eigenvalue weighted by Gasteiger charge is -2.14. The fourth-order valence-electron chi connectivity index (χ4n) is 2.52. The van der Waals surface area contributed by atoms with E-state index in [1.54, 1.807) is 6.92 Å². The Morgan fingerprint density at radius 2 is 2.00 bits per heavy atom. The molecule has 0 radical (unpaired) electrons. The van der Waals surface area contributed by atoms with Crippen LogP contribution in [-0.2, 0) is 6.54 Å². The molecule has 110 valence electrons. The molecule has 3 rings (SSSR count). The summed E-state index contributed by atoms with van der Waals surface area (Å²) in [6.07, 6.45) is 2.59. The standard InChI is InChI=1S/C15H19N5O/c1-11-16-14(19-18-11)15(21)17-13-6-4-12(5-7-13)10-20-8-2-3-9-20/h4-7H,2-3,8-10H2,1H3,(H,17,21)(H,16,18,19). The summed E-state index contributed by atoms with van der Waals surface area (Å²) < 4.78 is 0. The second kappa shape index (κ2) is 6.05. The van der Waals surface area contributed by atoms with Crippen molar-refractivity contribution in [3.63, 3.8) is 0 Å². The third-order valence-corrected chi connectivity index (χ3v) is 3.62. The van der Waals surface area contributed by atoms with E-state index in [0.717, 1.165) is 12.2 Å². The third-order valence-electron chi connectivity index (χ3n) is 3.62. The van der Waals surface area contributed by atoms with Crippen molar-refractivity contribution in [2.24, 2.45) is 0 Å². The summed E-state index contributed by atoms with van der Waals surface area (Å²) >= 11 is 0. The summed E-state index contributed by atoms with van der Waals surface area (Å²) in [6.45, 7) is 5.11. The van der Waals surface area contributed by atoms with Gasteiger partial charge in [0.1, 0.15) is 5.82 Å². The zero-order valence-corrected chi connectivity index (χ0v) is 12.1. The lowest BCUT2D eigenvalue weighted by molar-refractivity contribution is 0.101. The molecule has 1 amide bonds. The highest BCUT2D eigenvalue weighted by molar-refractivity contribution is 6.01.